The monoisotopic (exact) mass is 691 g/mol. The van der Waals surface area contributed by atoms with Crippen molar-refractivity contribution < 1.29 is 19.9 Å². The highest BCUT2D eigenvalue weighted by Gasteiger charge is 2.14. The summed E-state index contributed by atoms with van der Waals surface area (Å²) in [4.78, 5) is 24.7. The second kappa shape index (κ2) is 17.2. The Morgan fingerprint density at radius 2 is 1.22 bits per heavy atom. The molecule has 0 heterocycles. The summed E-state index contributed by atoms with van der Waals surface area (Å²) in [6.45, 7) is 1.70. The van der Waals surface area contributed by atoms with Gasteiger partial charge in [-0.15, -0.1) is 0 Å². The van der Waals surface area contributed by atoms with E-state index in [1.807, 2.05) is 54.6 Å². The highest BCUT2D eigenvalue weighted by Crippen LogP contribution is 2.24. The molecule has 0 fully saturated rings. The van der Waals surface area contributed by atoms with Crippen molar-refractivity contribution in [3.8, 4) is 0 Å². The van der Waals surface area contributed by atoms with E-state index in [-0.39, 0.29) is 6.54 Å². The van der Waals surface area contributed by atoms with Gasteiger partial charge in [0, 0.05) is 60.5 Å². The van der Waals surface area contributed by atoms with E-state index in [2.05, 4.69) is 75.4 Å². The lowest BCUT2D eigenvalue weighted by Gasteiger charge is -2.27. The Bertz CT molecular complexity index is 1970. The van der Waals surface area contributed by atoms with Gasteiger partial charge in [0.25, 0.3) is 5.91 Å². The van der Waals surface area contributed by atoms with E-state index in [0.717, 1.165) is 50.1 Å². The van der Waals surface area contributed by atoms with Crippen molar-refractivity contribution in [1.82, 2.24) is 15.3 Å². The number of hydrogen-bond acceptors (Lipinski definition) is 5. The van der Waals surface area contributed by atoms with Gasteiger partial charge in [0.15, 0.2) is 10.2 Å². The van der Waals surface area contributed by atoms with Crippen LogP contribution in [0.3, 0.4) is 0 Å². The Balaban J connectivity index is 1.20. The second-order valence-electron chi connectivity index (χ2n) is 11.4. The van der Waals surface area contributed by atoms with Crippen LogP contribution in [0.4, 0.5) is 11.4 Å². The molecule has 1 amide bonds. The maximum absolute atomic E-state index is 11.9. The molecule has 0 saturated heterocycles. The zero-order chi connectivity index (χ0) is 34.6. The van der Waals surface area contributed by atoms with Crippen molar-refractivity contribution in [3.05, 3.63) is 132 Å². The Labute approximate surface area is 295 Å². The molecule has 5 aromatic carbocycles. The van der Waals surface area contributed by atoms with E-state index in [4.69, 9.17) is 29.5 Å². The summed E-state index contributed by atoms with van der Waals surface area (Å²) in [6, 6.07) is 36.6. The average Bonchev–Trinajstić information content (AvgIpc) is 3.11. The standard InChI is InChI=1S/C38H37N5O4S2/c44-35(21-22-36(45)46)43(47)24-6-5-23-42(38(49)41-34-16-8-12-30-10-2-4-14-32(30)34)26-28-19-17-27(18-20-28)25-39-37(48)40-33-15-7-11-29-9-1-3-13-31(29)33/h1-4,7-22,47H,5-6,23-26H2,(H,41,49)(H,45,46)(H2,39,40,48). The Morgan fingerprint density at radius 3 is 1.86 bits per heavy atom. The van der Waals surface area contributed by atoms with E-state index in [0.29, 0.717) is 53.8 Å². The quantitative estimate of drug-likeness (QED) is 0.0283. The van der Waals surface area contributed by atoms with Gasteiger partial charge in [0.2, 0.25) is 0 Å². The van der Waals surface area contributed by atoms with Crippen LogP contribution in [0.15, 0.2) is 121 Å². The molecule has 0 bridgehead atoms. The molecule has 5 rings (SSSR count). The van der Waals surface area contributed by atoms with Gasteiger partial charge in [-0.05, 0) is 71.3 Å². The smallest absolute Gasteiger partial charge is 0.328 e. The van der Waals surface area contributed by atoms with Gasteiger partial charge in [-0.25, -0.2) is 9.86 Å². The van der Waals surface area contributed by atoms with Crippen LogP contribution in [-0.2, 0) is 22.7 Å². The van der Waals surface area contributed by atoms with Crippen LogP contribution in [0.1, 0.15) is 24.0 Å². The molecule has 5 N–H and O–H groups in total. The van der Waals surface area contributed by atoms with Crippen LogP contribution >= 0.6 is 24.4 Å². The first-order chi connectivity index (χ1) is 23.8. The fraction of sp³-hybridized carbons (Fsp3) is 0.158. The van der Waals surface area contributed by atoms with Crippen LogP contribution in [0.2, 0.25) is 0 Å². The molecule has 0 unspecified atom stereocenters. The van der Waals surface area contributed by atoms with Gasteiger partial charge < -0.3 is 26.0 Å². The summed E-state index contributed by atoms with van der Waals surface area (Å²) < 4.78 is 0. The van der Waals surface area contributed by atoms with Crippen molar-refractivity contribution in [3.63, 3.8) is 0 Å². The fourth-order valence-electron chi connectivity index (χ4n) is 5.35. The summed E-state index contributed by atoms with van der Waals surface area (Å²) >= 11 is 11.5. The number of thiocarbonyl (C=S) groups is 2. The van der Waals surface area contributed by atoms with Crippen LogP contribution < -0.4 is 16.0 Å². The van der Waals surface area contributed by atoms with E-state index < -0.39 is 11.9 Å². The summed E-state index contributed by atoms with van der Waals surface area (Å²) in [5.74, 6) is -2.04. The molecule has 0 atom stereocenters. The first kappa shape index (κ1) is 35.0. The molecule has 9 nitrogen and oxygen atoms in total. The third kappa shape index (κ3) is 10.1. The van der Waals surface area contributed by atoms with Gasteiger partial charge in [0.05, 0.1) is 0 Å². The topological polar surface area (TPSA) is 117 Å². The number of carboxylic acid groups (broad SMARTS) is 1. The number of unbranched alkanes of at least 4 members (excludes halogenated alkanes) is 1. The molecule has 0 radical (unpaired) electrons. The van der Waals surface area contributed by atoms with Crippen molar-refractivity contribution in [1.29, 1.82) is 0 Å². The molecule has 5 aromatic rings. The highest BCUT2D eigenvalue weighted by atomic mass is 32.1. The van der Waals surface area contributed by atoms with E-state index in [1.165, 1.54) is 0 Å². The number of rotatable bonds is 13. The summed E-state index contributed by atoms with van der Waals surface area (Å²) in [6.07, 6.45) is 2.62. The third-order valence-electron chi connectivity index (χ3n) is 7.88. The van der Waals surface area contributed by atoms with E-state index in [1.54, 1.807) is 0 Å². The zero-order valence-electron chi connectivity index (χ0n) is 26.7. The Kier molecular flexibility index (Phi) is 12.2. The Morgan fingerprint density at radius 1 is 0.673 bits per heavy atom. The molecule has 0 spiro atoms. The fourth-order valence-corrected chi connectivity index (χ4v) is 5.80. The number of amides is 1. The number of anilines is 2. The van der Waals surface area contributed by atoms with E-state index in [9.17, 15) is 14.8 Å². The van der Waals surface area contributed by atoms with Crippen LogP contribution in [-0.4, -0.2) is 55.5 Å². The number of hydroxylamine groups is 2. The SMILES string of the molecule is O=C(O)C=CC(=O)N(O)CCCCN(Cc1ccc(CNC(=S)Nc2cccc3ccccc23)cc1)C(=S)Nc1cccc2ccccc12. The highest BCUT2D eigenvalue weighted by molar-refractivity contribution is 7.80. The van der Waals surface area contributed by atoms with Crippen LogP contribution in [0, 0.1) is 0 Å². The summed E-state index contributed by atoms with van der Waals surface area (Å²) in [5, 5.41) is 34.8. The summed E-state index contributed by atoms with van der Waals surface area (Å²) in [5.41, 5.74) is 3.98. The lowest BCUT2D eigenvalue weighted by atomic mass is 10.1. The normalized spacial score (nSPS) is 11.0. The minimum atomic E-state index is -1.26. The van der Waals surface area contributed by atoms with Crippen molar-refractivity contribution in [2.75, 3.05) is 23.7 Å². The molecule has 0 aliphatic rings. The molecule has 0 saturated carbocycles. The number of carbonyl (C=O) groups is 2. The first-order valence-electron chi connectivity index (χ1n) is 15.8. The molecular formula is C38H37N5O4S2. The van der Waals surface area contributed by atoms with Gasteiger partial charge in [-0.2, -0.15) is 0 Å². The van der Waals surface area contributed by atoms with Gasteiger partial charge in [-0.3, -0.25) is 10.0 Å². The summed E-state index contributed by atoms with van der Waals surface area (Å²) in [7, 11) is 0. The number of carboxylic acids is 1. The molecular weight excluding hydrogens is 655 g/mol. The van der Waals surface area contributed by atoms with Crippen LogP contribution in [0.25, 0.3) is 21.5 Å². The number of nitrogens with zero attached hydrogens (tertiary/aromatic N) is 2. The average molecular weight is 692 g/mol. The third-order valence-corrected chi connectivity index (χ3v) is 8.48. The van der Waals surface area contributed by atoms with Crippen molar-refractivity contribution >= 4 is 79.5 Å². The predicted molar refractivity (Wildman–Crippen MR) is 204 cm³/mol. The molecule has 11 heteroatoms. The van der Waals surface area contributed by atoms with Gasteiger partial charge in [-0.1, -0.05) is 97.1 Å². The maximum Gasteiger partial charge on any atom is 0.328 e. The first-order valence-corrected chi connectivity index (χ1v) is 16.6. The van der Waals surface area contributed by atoms with Crippen LogP contribution in [0.5, 0.6) is 0 Å². The maximum atomic E-state index is 11.9. The predicted octanol–water partition coefficient (Wildman–Crippen LogP) is 7.32. The van der Waals surface area contributed by atoms with Gasteiger partial charge >= 0.3 is 5.97 Å². The van der Waals surface area contributed by atoms with Crippen molar-refractivity contribution in [2.24, 2.45) is 0 Å². The van der Waals surface area contributed by atoms with E-state index >= 15 is 0 Å². The Hall–Kier alpha value is -5.36. The molecule has 0 aromatic heterocycles. The number of fused-ring (bicyclic) bond motifs is 2. The minimum absolute atomic E-state index is 0.0546. The zero-order valence-corrected chi connectivity index (χ0v) is 28.3. The largest absolute Gasteiger partial charge is 0.478 e. The molecule has 250 valence electrons. The van der Waals surface area contributed by atoms with Gasteiger partial charge in [0.1, 0.15) is 0 Å². The second-order valence-corrected chi connectivity index (χ2v) is 12.2. The molecule has 49 heavy (non-hydrogen) atoms. The number of benzene rings is 5. The molecule has 0 aliphatic heterocycles. The molecule has 0 aliphatic carbocycles. The lowest BCUT2D eigenvalue weighted by Crippen LogP contribution is -2.35. The minimum Gasteiger partial charge on any atom is -0.478 e. The number of hydrogen-bond donors (Lipinski definition) is 5. The van der Waals surface area contributed by atoms with Crippen molar-refractivity contribution in [2.45, 2.75) is 25.9 Å². The lowest BCUT2D eigenvalue weighted by molar-refractivity contribution is -0.159. The number of nitrogens with one attached hydrogen (secondary N) is 3. The number of aliphatic carboxylic acids is 1. The number of carbonyl (C=O) groups excluding carboxylic acids is 1.